The number of thiophene rings is 1. The lowest BCUT2D eigenvalue weighted by Gasteiger charge is -2.07. The Morgan fingerprint density at radius 3 is 2.37 bits per heavy atom. The number of rotatable bonds is 7. The van der Waals surface area contributed by atoms with Crippen LogP contribution in [0.1, 0.15) is 61.1 Å². The largest absolute Gasteiger partial charge is 0.345 e. The van der Waals surface area contributed by atoms with Gasteiger partial charge in [-0.1, -0.05) is 26.7 Å². The Labute approximate surface area is 128 Å². The summed E-state index contributed by atoms with van der Waals surface area (Å²) in [5.74, 6) is 0. The summed E-state index contributed by atoms with van der Waals surface area (Å²) >= 11 is 5.66. The van der Waals surface area contributed by atoms with Gasteiger partial charge in [-0.15, -0.1) is 11.3 Å². The van der Waals surface area contributed by atoms with Gasteiger partial charge in [-0.05, 0) is 47.2 Å². The summed E-state index contributed by atoms with van der Waals surface area (Å²) in [6, 6.07) is 0. The first-order valence-corrected chi connectivity index (χ1v) is 8.92. The average Bonchev–Trinajstić information content (AvgIpc) is 3.03. The molecule has 0 radical (unpaired) electrons. The van der Waals surface area contributed by atoms with Crippen LogP contribution in [0, 0.1) is 0 Å². The number of unbranched alkanes of at least 4 members (excludes halogenated alkanes) is 2. The van der Waals surface area contributed by atoms with Crippen molar-refractivity contribution in [3.05, 3.63) is 19.8 Å². The molecule has 0 amide bonds. The maximum absolute atomic E-state index is 5.66. The van der Waals surface area contributed by atoms with Crippen molar-refractivity contribution in [3.63, 3.8) is 0 Å². The van der Waals surface area contributed by atoms with Crippen molar-refractivity contribution in [3.8, 4) is 0 Å². The molecular formula is C15H23BrO2S. The summed E-state index contributed by atoms with van der Waals surface area (Å²) in [4.78, 5) is 2.76. The van der Waals surface area contributed by atoms with E-state index in [0.29, 0.717) is 13.2 Å². The smallest absolute Gasteiger partial charge is 0.194 e. The van der Waals surface area contributed by atoms with Crippen LogP contribution in [-0.4, -0.2) is 13.2 Å². The number of hydrogen-bond acceptors (Lipinski definition) is 3. The lowest BCUT2D eigenvalue weighted by atomic mass is 10.1. The summed E-state index contributed by atoms with van der Waals surface area (Å²) in [6.07, 6.45) is 7.20. The van der Waals surface area contributed by atoms with E-state index in [-0.39, 0.29) is 6.29 Å². The molecule has 0 spiro atoms. The highest BCUT2D eigenvalue weighted by Crippen LogP contribution is 2.41. The number of hydrogen-bond donors (Lipinski definition) is 0. The van der Waals surface area contributed by atoms with Gasteiger partial charge in [0.25, 0.3) is 0 Å². The Morgan fingerprint density at radius 1 is 1.11 bits per heavy atom. The first-order chi connectivity index (χ1) is 9.27. The Balaban J connectivity index is 2.20. The molecule has 0 aromatic carbocycles. The highest BCUT2D eigenvalue weighted by molar-refractivity contribution is 9.10. The summed E-state index contributed by atoms with van der Waals surface area (Å²) < 4.78 is 12.6. The molecule has 19 heavy (non-hydrogen) atoms. The van der Waals surface area contributed by atoms with Crippen molar-refractivity contribution in [1.82, 2.24) is 0 Å². The highest BCUT2D eigenvalue weighted by atomic mass is 79.9. The summed E-state index contributed by atoms with van der Waals surface area (Å²) in [6.45, 7) is 5.92. The highest BCUT2D eigenvalue weighted by Gasteiger charge is 2.26. The molecule has 0 unspecified atom stereocenters. The third kappa shape index (κ3) is 3.81. The van der Waals surface area contributed by atoms with Gasteiger partial charge in [-0.25, -0.2) is 0 Å². The monoisotopic (exact) mass is 346 g/mol. The van der Waals surface area contributed by atoms with E-state index in [2.05, 4.69) is 29.8 Å². The van der Waals surface area contributed by atoms with Crippen molar-refractivity contribution in [2.45, 2.75) is 58.7 Å². The predicted molar refractivity (Wildman–Crippen MR) is 83.9 cm³/mol. The average molecular weight is 347 g/mol. The van der Waals surface area contributed by atoms with Gasteiger partial charge in [0.2, 0.25) is 0 Å². The zero-order valence-electron chi connectivity index (χ0n) is 11.8. The minimum atomic E-state index is -0.143. The SMILES string of the molecule is CCCCc1sc(C2OCCO2)c(Br)c1CCCC. The van der Waals surface area contributed by atoms with E-state index in [1.807, 2.05) is 11.3 Å². The van der Waals surface area contributed by atoms with E-state index in [9.17, 15) is 0 Å². The standard InChI is InChI=1S/C15H23BrO2S/c1-3-5-7-11-12(8-6-4-2)19-14(13(11)16)15-17-9-10-18-15/h15H,3-10H2,1-2H3. The van der Waals surface area contributed by atoms with Crippen molar-refractivity contribution >= 4 is 27.3 Å². The maximum atomic E-state index is 5.66. The fourth-order valence-corrected chi connectivity index (χ4v) is 4.60. The molecule has 0 N–H and O–H groups in total. The van der Waals surface area contributed by atoms with E-state index in [0.717, 1.165) is 0 Å². The molecule has 108 valence electrons. The first-order valence-electron chi connectivity index (χ1n) is 7.31. The van der Waals surface area contributed by atoms with Gasteiger partial charge in [0.15, 0.2) is 6.29 Å². The van der Waals surface area contributed by atoms with Crippen LogP contribution in [0.2, 0.25) is 0 Å². The van der Waals surface area contributed by atoms with Gasteiger partial charge in [-0.2, -0.15) is 0 Å². The molecule has 4 heteroatoms. The molecule has 1 aliphatic rings. The Morgan fingerprint density at radius 2 is 1.74 bits per heavy atom. The third-order valence-electron chi connectivity index (χ3n) is 3.42. The molecule has 0 saturated carbocycles. The van der Waals surface area contributed by atoms with Crippen LogP contribution in [0.15, 0.2) is 4.47 Å². The topological polar surface area (TPSA) is 18.5 Å². The third-order valence-corrected chi connectivity index (χ3v) is 5.91. The molecule has 1 aromatic rings. The van der Waals surface area contributed by atoms with Gasteiger partial charge in [0.1, 0.15) is 0 Å². The number of aryl methyl sites for hydroxylation is 1. The van der Waals surface area contributed by atoms with Gasteiger partial charge >= 0.3 is 0 Å². The van der Waals surface area contributed by atoms with Crippen LogP contribution < -0.4 is 0 Å². The van der Waals surface area contributed by atoms with Crippen LogP contribution in [-0.2, 0) is 22.3 Å². The lowest BCUT2D eigenvalue weighted by molar-refractivity contribution is -0.0418. The van der Waals surface area contributed by atoms with Crippen molar-refractivity contribution in [1.29, 1.82) is 0 Å². The fourth-order valence-electron chi connectivity index (χ4n) is 2.31. The molecule has 1 aromatic heterocycles. The minimum Gasteiger partial charge on any atom is -0.345 e. The molecule has 1 fully saturated rings. The number of halogens is 1. The molecule has 0 atom stereocenters. The first kappa shape index (κ1) is 15.5. The van der Waals surface area contributed by atoms with Gasteiger partial charge in [0.05, 0.1) is 18.1 Å². The normalized spacial score (nSPS) is 16.4. The van der Waals surface area contributed by atoms with E-state index < -0.39 is 0 Å². The molecule has 2 rings (SSSR count). The molecule has 1 saturated heterocycles. The van der Waals surface area contributed by atoms with Crippen molar-refractivity contribution in [2.24, 2.45) is 0 Å². The Kier molecular flexibility index (Phi) is 6.33. The molecule has 1 aliphatic heterocycles. The quantitative estimate of drug-likeness (QED) is 0.671. The molecule has 2 nitrogen and oxygen atoms in total. The Bertz CT molecular complexity index is 397. The van der Waals surface area contributed by atoms with Crippen molar-refractivity contribution in [2.75, 3.05) is 13.2 Å². The van der Waals surface area contributed by atoms with Crippen LogP contribution in [0.4, 0.5) is 0 Å². The molecular weight excluding hydrogens is 324 g/mol. The number of ether oxygens (including phenoxy) is 2. The van der Waals surface area contributed by atoms with Crippen LogP contribution in [0.5, 0.6) is 0 Å². The molecule has 2 heterocycles. The zero-order valence-corrected chi connectivity index (χ0v) is 14.2. The summed E-state index contributed by atoms with van der Waals surface area (Å²) in [5.41, 5.74) is 1.49. The van der Waals surface area contributed by atoms with E-state index in [4.69, 9.17) is 9.47 Å². The summed E-state index contributed by atoms with van der Waals surface area (Å²) in [5, 5.41) is 0. The molecule has 0 bridgehead atoms. The van der Waals surface area contributed by atoms with E-state index >= 15 is 0 Å². The van der Waals surface area contributed by atoms with E-state index in [1.54, 1.807) is 0 Å². The second-order valence-corrected chi connectivity index (χ2v) is 6.89. The van der Waals surface area contributed by atoms with E-state index in [1.165, 1.54) is 58.3 Å². The fraction of sp³-hybridized carbons (Fsp3) is 0.733. The maximum Gasteiger partial charge on any atom is 0.194 e. The van der Waals surface area contributed by atoms with Gasteiger partial charge in [0, 0.05) is 9.35 Å². The van der Waals surface area contributed by atoms with Crippen LogP contribution in [0.3, 0.4) is 0 Å². The summed E-state index contributed by atoms with van der Waals surface area (Å²) in [7, 11) is 0. The van der Waals surface area contributed by atoms with Gasteiger partial charge in [-0.3, -0.25) is 0 Å². The van der Waals surface area contributed by atoms with Crippen LogP contribution >= 0.6 is 27.3 Å². The van der Waals surface area contributed by atoms with Crippen molar-refractivity contribution < 1.29 is 9.47 Å². The second kappa shape index (κ2) is 7.77. The lowest BCUT2D eigenvalue weighted by Crippen LogP contribution is -1.96. The Hall–Kier alpha value is 0.100. The molecule has 0 aliphatic carbocycles. The van der Waals surface area contributed by atoms with Gasteiger partial charge < -0.3 is 9.47 Å². The minimum absolute atomic E-state index is 0.143. The zero-order chi connectivity index (χ0) is 13.7. The van der Waals surface area contributed by atoms with Crippen LogP contribution in [0.25, 0.3) is 0 Å². The predicted octanol–water partition coefficient (Wildman–Crippen LogP) is 5.24. The second-order valence-electron chi connectivity index (χ2n) is 4.96.